The molecule has 0 bridgehead atoms. The van der Waals surface area contributed by atoms with Crippen molar-refractivity contribution >= 4 is 40.6 Å². The monoisotopic (exact) mass is 275 g/mol. The van der Waals surface area contributed by atoms with Crippen LogP contribution in [0, 0.1) is 6.92 Å². The maximum Gasteiger partial charge on any atom is 0.363 e. The fraction of sp³-hybridized carbons (Fsp3) is 0.0769. The van der Waals surface area contributed by atoms with Crippen molar-refractivity contribution in [2.24, 2.45) is 4.99 Å². The van der Waals surface area contributed by atoms with Gasteiger partial charge in [0.15, 0.2) is 5.70 Å². The molecule has 2 aromatic heterocycles. The molecule has 0 N–H and O–H groups in total. The second kappa shape index (κ2) is 4.51. The lowest BCUT2D eigenvalue weighted by atomic mass is 10.2. The molecule has 1 aliphatic rings. The van der Waals surface area contributed by atoms with Crippen molar-refractivity contribution < 1.29 is 9.53 Å². The van der Waals surface area contributed by atoms with Crippen molar-refractivity contribution in [3.8, 4) is 0 Å². The van der Waals surface area contributed by atoms with Gasteiger partial charge in [0.05, 0.1) is 4.88 Å². The van der Waals surface area contributed by atoms with E-state index < -0.39 is 0 Å². The number of rotatable bonds is 2. The molecule has 2 aromatic rings. The predicted octanol–water partition coefficient (Wildman–Crippen LogP) is 3.46. The third-order valence-electron chi connectivity index (χ3n) is 2.52. The summed E-state index contributed by atoms with van der Waals surface area (Å²) in [5, 5.41) is 3.92. The molecule has 3 nitrogen and oxygen atoms in total. The molecule has 0 saturated heterocycles. The van der Waals surface area contributed by atoms with E-state index in [2.05, 4.69) is 4.99 Å². The summed E-state index contributed by atoms with van der Waals surface area (Å²) in [7, 11) is 0. The average molecular weight is 275 g/mol. The number of hydrogen-bond acceptors (Lipinski definition) is 5. The van der Waals surface area contributed by atoms with E-state index in [0.717, 1.165) is 15.3 Å². The Hall–Kier alpha value is -1.72. The van der Waals surface area contributed by atoms with Crippen molar-refractivity contribution in [3.05, 3.63) is 50.0 Å². The van der Waals surface area contributed by atoms with Crippen LogP contribution in [0.25, 0.3) is 6.08 Å². The van der Waals surface area contributed by atoms with Crippen molar-refractivity contribution in [1.29, 1.82) is 0 Å². The largest absolute Gasteiger partial charge is 0.401 e. The third-order valence-corrected chi connectivity index (χ3v) is 4.35. The van der Waals surface area contributed by atoms with Crippen LogP contribution in [0.3, 0.4) is 0 Å². The van der Waals surface area contributed by atoms with E-state index in [1.807, 2.05) is 35.9 Å². The highest BCUT2D eigenvalue weighted by atomic mass is 32.1. The fourth-order valence-corrected chi connectivity index (χ4v) is 3.07. The minimum Gasteiger partial charge on any atom is -0.401 e. The molecule has 0 atom stereocenters. The molecule has 0 radical (unpaired) electrons. The maximum atomic E-state index is 11.7. The van der Waals surface area contributed by atoms with E-state index in [-0.39, 0.29) is 5.97 Å². The Morgan fingerprint density at radius 2 is 2.17 bits per heavy atom. The molecule has 0 spiro atoms. The molecule has 3 rings (SSSR count). The van der Waals surface area contributed by atoms with E-state index in [1.165, 1.54) is 11.3 Å². The van der Waals surface area contributed by atoms with Crippen LogP contribution in [0.2, 0.25) is 0 Å². The van der Waals surface area contributed by atoms with Gasteiger partial charge in [-0.25, -0.2) is 9.79 Å². The molecule has 90 valence electrons. The molecule has 0 fully saturated rings. The van der Waals surface area contributed by atoms with Crippen LogP contribution in [-0.2, 0) is 9.53 Å². The number of ether oxygens (including phenoxy) is 1. The summed E-state index contributed by atoms with van der Waals surface area (Å²) in [5.74, 6) is 0.0154. The first-order valence-electron chi connectivity index (χ1n) is 5.34. The smallest absolute Gasteiger partial charge is 0.363 e. The SMILES string of the molecule is Cc1ccsc1/C=C1\N=C(c2cccs2)OC1=O. The van der Waals surface area contributed by atoms with E-state index in [1.54, 1.807) is 17.4 Å². The van der Waals surface area contributed by atoms with Crippen LogP contribution in [-0.4, -0.2) is 11.9 Å². The molecular weight excluding hydrogens is 266 g/mol. The standard InChI is InChI=1S/C13H9NO2S2/c1-8-4-6-18-11(8)7-9-13(15)16-12(14-9)10-3-2-5-17-10/h2-7H,1H3/b9-7-. The fourth-order valence-electron chi connectivity index (χ4n) is 1.57. The molecule has 0 aliphatic carbocycles. The van der Waals surface area contributed by atoms with Crippen molar-refractivity contribution in [3.63, 3.8) is 0 Å². The first-order chi connectivity index (χ1) is 8.74. The average Bonchev–Trinajstić information content (AvgIpc) is 3.03. The molecule has 0 aromatic carbocycles. The summed E-state index contributed by atoms with van der Waals surface area (Å²) >= 11 is 3.09. The lowest BCUT2D eigenvalue weighted by molar-refractivity contribution is -0.129. The summed E-state index contributed by atoms with van der Waals surface area (Å²) in [4.78, 5) is 17.9. The van der Waals surface area contributed by atoms with Gasteiger partial charge < -0.3 is 4.74 Å². The zero-order valence-electron chi connectivity index (χ0n) is 9.54. The minimum atomic E-state index is -0.383. The third kappa shape index (κ3) is 2.02. The summed E-state index contributed by atoms with van der Waals surface area (Å²) < 4.78 is 5.16. The van der Waals surface area contributed by atoms with E-state index in [4.69, 9.17) is 4.74 Å². The molecule has 5 heteroatoms. The van der Waals surface area contributed by atoms with Gasteiger partial charge in [0.2, 0.25) is 5.90 Å². The lowest BCUT2D eigenvalue weighted by Crippen LogP contribution is -2.03. The zero-order valence-corrected chi connectivity index (χ0v) is 11.2. The summed E-state index contributed by atoms with van der Waals surface area (Å²) in [6.07, 6.45) is 1.78. The van der Waals surface area contributed by atoms with Gasteiger partial charge in [0.1, 0.15) is 0 Å². The molecule has 3 heterocycles. The van der Waals surface area contributed by atoms with Crippen LogP contribution in [0.5, 0.6) is 0 Å². The second-order valence-electron chi connectivity index (χ2n) is 3.78. The number of thiophene rings is 2. The minimum absolute atomic E-state index is 0.365. The second-order valence-corrected chi connectivity index (χ2v) is 5.68. The molecule has 0 saturated carbocycles. The van der Waals surface area contributed by atoms with Gasteiger partial charge >= 0.3 is 5.97 Å². The number of aryl methyl sites for hydroxylation is 1. The Kier molecular flexibility index (Phi) is 2.85. The van der Waals surface area contributed by atoms with Crippen LogP contribution >= 0.6 is 22.7 Å². The van der Waals surface area contributed by atoms with Gasteiger partial charge in [-0.05, 0) is 41.5 Å². The summed E-state index contributed by atoms with van der Waals surface area (Å²) in [6, 6.07) is 5.80. The van der Waals surface area contributed by atoms with Gasteiger partial charge in [-0.3, -0.25) is 0 Å². The van der Waals surface area contributed by atoms with Crippen molar-refractivity contribution in [1.82, 2.24) is 0 Å². The summed E-state index contributed by atoms with van der Waals surface area (Å²) in [5.41, 5.74) is 1.50. The van der Waals surface area contributed by atoms with Crippen molar-refractivity contribution in [2.45, 2.75) is 6.92 Å². The Morgan fingerprint density at radius 3 is 2.83 bits per heavy atom. The quantitative estimate of drug-likeness (QED) is 0.622. The number of nitrogens with zero attached hydrogens (tertiary/aromatic N) is 1. The first kappa shape index (κ1) is 11.4. The number of carbonyl (C=O) groups excluding carboxylic acids is 1. The van der Waals surface area contributed by atoms with Gasteiger partial charge in [0, 0.05) is 4.88 Å². The van der Waals surface area contributed by atoms with Crippen LogP contribution in [0.15, 0.2) is 39.6 Å². The lowest BCUT2D eigenvalue weighted by Gasteiger charge is -1.92. The van der Waals surface area contributed by atoms with E-state index >= 15 is 0 Å². The first-order valence-corrected chi connectivity index (χ1v) is 7.10. The Morgan fingerprint density at radius 1 is 1.28 bits per heavy atom. The highest BCUT2D eigenvalue weighted by Crippen LogP contribution is 2.24. The van der Waals surface area contributed by atoms with Crippen molar-refractivity contribution in [2.75, 3.05) is 0 Å². The molecule has 18 heavy (non-hydrogen) atoms. The van der Waals surface area contributed by atoms with Crippen LogP contribution < -0.4 is 0 Å². The highest BCUT2D eigenvalue weighted by molar-refractivity contribution is 7.12. The Labute approximate surface area is 112 Å². The Bertz CT molecular complexity index is 650. The highest BCUT2D eigenvalue weighted by Gasteiger charge is 2.24. The number of carbonyl (C=O) groups is 1. The Balaban J connectivity index is 1.97. The zero-order chi connectivity index (χ0) is 12.5. The number of hydrogen-bond donors (Lipinski definition) is 0. The van der Waals surface area contributed by atoms with Gasteiger partial charge in [0.25, 0.3) is 0 Å². The molecule has 0 unspecified atom stereocenters. The topological polar surface area (TPSA) is 38.7 Å². The van der Waals surface area contributed by atoms with Gasteiger partial charge in [-0.1, -0.05) is 6.07 Å². The number of cyclic esters (lactones) is 1. The normalized spacial score (nSPS) is 17.1. The summed E-state index contributed by atoms with van der Waals surface area (Å²) in [6.45, 7) is 2.01. The van der Waals surface area contributed by atoms with Gasteiger partial charge in [-0.15, -0.1) is 22.7 Å². The van der Waals surface area contributed by atoms with Crippen LogP contribution in [0.4, 0.5) is 0 Å². The predicted molar refractivity (Wildman–Crippen MR) is 74.0 cm³/mol. The number of esters is 1. The molecular formula is C13H9NO2S2. The van der Waals surface area contributed by atoms with E-state index in [9.17, 15) is 4.79 Å². The maximum absolute atomic E-state index is 11.7. The van der Waals surface area contributed by atoms with E-state index in [0.29, 0.717) is 11.6 Å². The molecule has 0 amide bonds. The van der Waals surface area contributed by atoms with Gasteiger partial charge in [-0.2, -0.15) is 0 Å². The van der Waals surface area contributed by atoms with Crippen LogP contribution in [0.1, 0.15) is 15.3 Å². The molecule has 1 aliphatic heterocycles. The number of aliphatic imine (C=N–C) groups is 1.